The molecule has 110 valence electrons. The van der Waals surface area contributed by atoms with E-state index in [4.69, 9.17) is 4.74 Å². The number of carbonyl (C=O) groups is 1. The number of benzene rings is 1. The second kappa shape index (κ2) is 5.64. The number of carbonyl (C=O) groups excluding carboxylic acids is 1. The zero-order valence-electron chi connectivity index (χ0n) is 12.4. The van der Waals surface area contributed by atoms with Gasteiger partial charge in [0, 0.05) is 23.2 Å². The summed E-state index contributed by atoms with van der Waals surface area (Å²) in [6.45, 7) is 9.07. The minimum atomic E-state index is -0.432. The maximum Gasteiger partial charge on any atom is 0.410 e. The van der Waals surface area contributed by atoms with Gasteiger partial charge in [-0.05, 0) is 51.5 Å². The minimum Gasteiger partial charge on any atom is -0.444 e. The maximum atomic E-state index is 11.8. The lowest BCUT2D eigenvalue weighted by Gasteiger charge is -2.40. The number of nitrogens with one attached hydrogen (secondary N) is 1. The van der Waals surface area contributed by atoms with Gasteiger partial charge in [0.25, 0.3) is 0 Å². The van der Waals surface area contributed by atoms with E-state index in [0.717, 1.165) is 10.2 Å². The first-order valence-corrected chi connectivity index (χ1v) is 7.54. The second-order valence-corrected chi connectivity index (χ2v) is 7.04. The molecule has 1 fully saturated rings. The topological polar surface area (TPSA) is 41.6 Å². The van der Waals surface area contributed by atoms with Crippen molar-refractivity contribution in [3.8, 4) is 0 Å². The Balaban J connectivity index is 1.82. The van der Waals surface area contributed by atoms with E-state index >= 15 is 0 Å². The molecule has 2 rings (SSSR count). The Bertz CT molecular complexity index is 505. The van der Waals surface area contributed by atoms with Gasteiger partial charge in [0.05, 0.1) is 6.04 Å². The number of anilines is 1. The van der Waals surface area contributed by atoms with Gasteiger partial charge in [0.2, 0.25) is 0 Å². The van der Waals surface area contributed by atoms with Crippen molar-refractivity contribution in [2.24, 2.45) is 0 Å². The van der Waals surface area contributed by atoms with Crippen molar-refractivity contribution in [2.45, 2.75) is 39.3 Å². The number of ether oxygens (including phenoxy) is 1. The highest BCUT2D eigenvalue weighted by Crippen LogP contribution is 2.23. The number of aryl methyl sites for hydroxylation is 1. The normalized spacial score (nSPS) is 15.8. The van der Waals surface area contributed by atoms with Crippen LogP contribution >= 0.6 is 15.9 Å². The Morgan fingerprint density at radius 1 is 1.40 bits per heavy atom. The summed E-state index contributed by atoms with van der Waals surface area (Å²) in [5, 5.41) is 3.42. The Morgan fingerprint density at radius 2 is 2.05 bits per heavy atom. The van der Waals surface area contributed by atoms with Crippen LogP contribution in [0.15, 0.2) is 22.7 Å². The van der Waals surface area contributed by atoms with Gasteiger partial charge in [-0.25, -0.2) is 4.79 Å². The van der Waals surface area contributed by atoms with Crippen LogP contribution in [0.25, 0.3) is 0 Å². The van der Waals surface area contributed by atoms with Crippen LogP contribution in [0.5, 0.6) is 0 Å². The van der Waals surface area contributed by atoms with Gasteiger partial charge in [-0.1, -0.05) is 15.9 Å². The van der Waals surface area contributed by atoms with Crippen molar-refractivity contribution >= 4 is 27.7 Å². The van der Waals surface area contributed by atoms with Crippen LogP contribution in [-0.4, -0.2) is 35.7 Å². The summed E-state index contributed by atoms with van der Waals surface area (Å²) in [6.07, 6.45) is -0.234. The predicted molar refractivity (Wildman–Crippen MR) is 84.1 cm³/mol. The van der Waals surface area contributed by atoms with Gasteiger partial charge in [-0.15, -0.1) is 0 Å². The fraction of sp³-hybridized carbons (Fsp3) is 0.533. The summed E-state index contributed by atoms with van der Waals surface area (Å²) in [7, 11) is 0. The predicted octanol–water partition coefficient (Wildman–Crippen LogP) is 3.79. The van der Waals surface area contributed by atoms with E-state index in [9.17, 15) is 4.79 Å². The summed E-state index contributed by atoms with van der Waals surface area (Å²) in [6, 6.07) is 6.46. The van der Waals surface area contributed by atoms with E-state index in [-0.39, 0.29) is 6.09 Å². The largest absolute Gasteiger partial charge is 0.444 e. The number of likely N-dealkylation sites (tertiary alicyclic amines) is 1. The highest BCUT2D eigenvalue weighted by Gasteiger charge is 2.33. The first kappa shape index (κ1) is 15.2. The first-order valence-electron chi connectivity index (χ1n) is 6.75. The molecule has 1 aromatic carbocycles. The van der Waals surface area contributed by atoms with E-state index in [0.29, 0.717) is 19.1 Å². The van der Waals surface area contributed by atoms with Crippen LogP contribution in [0.3, 0.4) is 0 Å². The third-order valence-corrected chi connectivity index (χ3v) is 3.95. The van der Waals surface area contributed by atoms with Crippen molar-refractivity contribution in [1.29, 1.82) is 0 Å². The molecule has 0 aliphatic carbocycles. The highest BCUT2D eigenvalue weighted by atomic mass is 79.9. The minimum absolute atomic E-state index is 0.234. The fourth-order valence-corrected chi connectivity index (χ4v) is 2.26. The van der Waals surface area contributed by atoms with Crippen LogP contribution in [0.2, 0.25) is 0 Å². The lowest BCUT2D eigenvalue weighted by Crippen LogP contribution is -2.57. The molecule has 0 aromatic heterocycles. The second-order valence-electron chi connectivity index (χ2n) is 6.19. The molecule has 0 spiro atoms. The maximum absolute atomic E-state index is 11.8. The average Bonchev–Trinajstić information content (AvgIpc) is 2.25. The molecule has 5 heteroatoms. The number of hydrogen-bond acceptors (Lipinski definition) is 3. The Labute approximate surface area is 128 Å². The quantitative estimate of drug-likeness (QED) is 0.890. The fourth-order valence-electron chi connectivity index (χ4n) is 2.02. The molecule has 20 heavy (non-hydrogen) atoms. The summed E-state index contributed by atoms with van der Waals surface area (Å²) >= 11 is 3.49. The molecule has 1 aliphatic rings. The van der Waals surface area contributed by atoms with Gasteiger partial charge < -0.3 is 15.0 Å². The van der Waals surface area contributed by atoms with Crippen molar-refractivity contribution in [2.75, 3.05) is 18.4 Å². The highest BCUT2D eigenvalue weighted by molar-refractivity contribution is 9.10. The van der Waals surface area contributed by atoms with Gasteiger partial charge in [-0.2, -0.15) is 0 Å². The van der Waals surface area contributed by atoms with Crippen LogP contribution in [0.4, 0.5) is 10.5 Å². The van der Waals surface area contributed by atoms with E-state index in [1.54, 1.807) is 4.90 Å². The lowest BCUT2D eigenvalue weighted by molar-refractivity contribution is 0.0105. The molecular formula is C15H21BrN2O2. The van der Waals surface area contributed by atoms with Crippen molar-refractivity contribution < 1.29 is 9.53 Å². The van der Waals surface area contributed by atoms with Crippen molar-refractivity contribution in [1.82, 2.24) is 4.90 Å². The molecule has 1 heterocycles. The number of hydrogen-bond donors (Lipinski definition) is 1. The first-order chi connectivity index (χ1) is 9.24. The molecule has 0 radical (unpaired) electrons. The van der Waals surface area contributed by atoms with Gasteiger partial charge in [0.1, 0.15) is 5.60 Å². The number of halogens is 1. The molecule has 0 bridgehead atoms. The van der Waals surface area contributed by atoms with Crippen molar-refractivity contribution in [3.05, 3.63) is 28.2 Å². The van der Waals surface area contributed by atoms with Crippen LogP contribution in [-0.2, 0) is 4.74 Å². The molecule has 1 aromatic rings. The van der Waals surface area contributed by atoms with Crippen molar-refractivity contribution in [3.63, 3.8) is 0 Å². The Kier molecular flexibility index (Phi) is 4.28. The third kappa shape index (κ3) is 3.88. The number of amides is 1. The molecule has 4 nitrogen and oxygen atoms in total. The van der Waals surface area contributed by atoms with E-state index < -0.39 is 5.60 Å². The van der Waals surface area contributed by atoms with Crippen LogP contribution < -0.4 is 5.32 Å². The van der Waals surface area contributed by atoms with Gasteiger partial charge in [-0.3, -0.25) is 0 Å². The molecule has 1 aliphatic heterocycles. The average molecular weight is 341 g/mol. The van der Waals surface area contributed by atoms with E-state index in [2.05, 4.69) is 34.2 Å². The Hall–Kier alpha value is -1.23. The monoisotopic (exact) mass is 340 g/mol. The summed E-state index contributed by atoms with van der Waals surface area (Å²) in [5.74, 6) is 0. The SMILES string of the molecule is Cc1cc(NC2CN(C(=O)OC(C)(C)C)C2)ccc1Br. The number of nitrogens with zero attached hydrogens (tertiary/aromatic N) is 1. The lowest BCUT2D eigenvalue weighted by atomic mass is 10.1. The zero-order chi connectivity index (χ0) is 14.9. The Morgan fingerprint density at radius 3 is 2.60 bits per heavy atom. The van der Waals surface area contributed by atoms with Gasteiger partial charge in [0.15, 0.2) is 0 Å². The van der Waals surface area contributed by atoms with Gasteiger partial charge >= 0.3 is 6.09 Å². The molecule has 1 amide bonds. The molecule has 0 unspecified atom stereocenters. The summed E-state index contributed by atoms with van der Waals surface area (Å²) in [4.78, 5) is 13.5. The molecular weight excluding hydrogens is 320 g/mol. The molecule has 1 N–H and O–H groups in total. The van der Waals surface area contributed by atoms with E-state index in [1.165, 1.54) is 5.56 Å². The van der Waals surface area contributed by atoms with E-state index in [1.807, 2.05) is 32.9 Å². The van der Waals surface area contributed by atoms with Crippen LogP contribution in [0, 0.1) is 6.92 Å². The third-order valence-electron chi connectivity index (χ3n) is 3.06. The zero-order valence-corrected chi connectivity index (χ0v) is 14.0. The van der Waals surface area contributed by atoms with Crippen LogP contribution in [0.1, 0.15) is 26.3 Å². The smallest absolute Gasteiger partial charge is 0.410 e. The molecule has 0 atom stereocenters. The summed E-state index contributed by atoms with van der Waals surface area (Å²) in [5.41, 5.74) is 1.84. The summed E-state index contributed by atoms with van der Waals surface area (Å²) < 4.78 is 6.43. The molecule has 1 saturated heterocycles. The standard InChI is InChI=1S/C15H21BrN2O2/c1-10-7-11(5-6-13(10)16)17-12-8-18(9-12)14(19)20-15(2,3)4/h5-7,12,17H,8-9H2,1-4H3. The molecule has 0 saturated carbocycles. The number of rotatable bonds is 2.